The molecule has 1 aromatic rings. The predicted molar refractivity (Wildman–Crippen MR) is 76.9 cm³/mol. The van der Waals surface area contributed by atoms with Gasteiger partial charge in [0.05, 0.1) is 18.7 Å². The van der Waals surface area contributed by atoms with Crippen LogP contribution in [0.2, 0.25) is 0 Å². The van der Waals surface area contributed by atoms with Crippen LogP contribution < -0.4 is 4.90 Å². The number of methoxy groups -OCH3 is 1. The summed E-state index contributed by atoms with van der Waals surface area (Å²) in [6.07, 6.45) is -0.869. The van der Waals surface area contributed by atoms with Gasteiger partial charge in [0.25, 0.3) is 5.92 Å². The molecule has 120 valence electrons. The van der Waals surface area contributed by atoms with Gasteiger partial charge < -0.3 is 9.64 Å². The van der Waals surface area contributed by atoms with Crippen LogP contribution in [0, 0.1) is 0 Å². The smallest absolute Gasteiger partial charge is 0.266 e. The van der Waals surface area contributed by atoms with Gasteiger partial charge in [-0.25, -0.2) is 8.78 Å². The summed E-state index contributed by atoms with van der Waals surface area (Å²) in [6.45, 7) is -0.847. The maximum atomic E-state index is 13.2. The minimum atomic E-state index is -2.66. The molecule has 1 aliphatic heterocycles. The number of alkyl halides is 3. The Balaban J connectivity index is 2.15. The first-order chi connectivity index (χ1) is 10.5. The van der Waals surface area contributed by atoms with E-state index in [9.17, 15) is 13.2 Å². The molecule has 0 saturated carbocycles. The molecule has 0 bridgehead atoms. The summed E-state index contributed by atoms with van der Waals surface area (Å²) in [4.78, 5) is 4.21. The van der Waals surface area contributed by atoms with E-state index < -0.39 is 24.7 Å². The molecule has 0 radical (unpaired) electrons. The molecule has 8 heteroatoms. The SMILES string of the molecule is CO[C@H](c1ccc(N2CCC(F)(F)C2)cc1)[C@@H](CF)N=[N+]=[N-]. The second-order valence-corrected chi connectivity index (χ2v) is 5.20. The van der Waals surface area contributed by atoms with Gasteiger partial charge in [-0.2, -0.15) is 0 Å². The number of ether oxygens (including phenoxy) is 1. The number of hydrogen-bond acceptors (Lipinski definition) is 3. The Morgan fingerprint density at radius 2 is 2.09 bits per heavy atom. The summed E-state index contributed by atoms with van der Waals surface area (Å²) in [5.74, 6) is -2.66. The number of anilines is 1. The van der Waals surface area contributed by atoms with Crippen LogP contribution in [0.1, 0.15) is 18.1 Å². The van der Waals surface area contributed by atoms with Crippen LogP contribution in [0.15, 0.2) is 29.4 Å². The number of halogens is 3. The number of hydrogen-bond donors (Lipinski definition) is 0. The van der Waals surface area contributed by atoms with Crippen molar-refractivity contribution in [1.29, 1.82) is 0 Å². The predicted octanol–water partition coefficient (Wildman–Crippen LogP) is 3.87. The van der Waals surface area contributed by atoms with Crippen LogP contribution in [0.5, 0.6) is 0 Å². The molecule has 2 rings (SSSR count). The quantitative estimate of drug-likeness (QED) is 0.454. The zero-order valence-electron chi connectivity index (χ0n) is 12.1. The highest BCUT2D eigenvalue weighted by atomic mass is 19.3. The third-order valence-electron chi connectivity index (χ3n) is 3.72. The highest BCUT2D eigenvalue weighted by molar-refractivity contribution is 5.49. The van der Waals surface area contributed by atoms with Crippen LogP contribution in [0.3, 0.4) is 0 Å². The molecule has 1 fully saturated rings. The molecule has 0 amide bonds. The molecule has 1 aromatic carbocycles. The van der Waals surface area contributed by atoms with Crippen LogP contribution >= 0.6 is 0 Å². The second kappa shape index (κ2) is 6.89. The van der Waals surface area contributed by atoms with Gasteiger partial charge in [-0.15, -0.1) is 0 Å². The maximum absolute atomic E-state index is 13.2. The molecule has 5 nitrogen and oxygen atoms in total. The van der Waals surface area contributed by atoms with E-state index in [1.807, 2.05) is 0 Å². The average Bonchev–Trinajstić information content (AvgIpc) is 2.88. The van der Waals surface area contributed by atoms with Crippen molar-refractivity contribution in [2.75, 3.05) is 31.8 Å². The Morgan fingerprint density at radius 1 is 1.41 bits per heavy atom. The molecule has 1 heterocycles. The van der Waals surface area contributed by atoms with E-state index in [-0.39, 0.29) is 13.0 Å². The van der Waals surface area contributed by atoms with E-state index >= 15 is 0 Å². The average molecular weight is 314 g/mol. The Bertz CT molecular complexity index is 546. The zero-order valence-corrected chi connectivity index (χ0v) is 12.1. The Hall–Kier alpha value is -1.92. The van der Waals surface area contributed by atoms with Crippen LogP contribution in [-0.2, 0) is 4.74 Å². The minimum absolute atomic E-state index is 0.156. The van der Waals surface area contributed by atoms with Crippen molar-refractivity contribution < 1.29 is 17.9 Å². The van der Waals surface area contributed by atoms with Gasteiger partial charge >= 0.3 is 0 Å². The third kappa shape index (κ3) is 3.64. The molecule has 0 spiro atoms. The number of benzene rings is 1. The molecule has 0 unspecified atom stereocenters. The highest BCUT2D eigenvalue weighted by Crippen LogP contribution is 2.32. The third-order valence-corrected chi connectivity index (χ3v) is 3.72. The molecule has 1 saturated heterocycles. The molecule has 1 aliphatic rings. The monoisotopic (exact) mass is 314 g/mol. The first kappa shape index (κ1) is 16.5. The summed E-state index contributed by atoms with van der Waals surface area (Å²) in [6, 6.07) is 5.77. The van der Waals surface area contributed by atoms with E-state index in [2.05, 4.69) is 10.0 Å². The van der Waals surface area contributed by atoms with Gasteiger partial charge in [-0.1, -0.05) is 17.2 Å². The lowest BCUT2D eigenvalue weighted by atomic mass is 10.0. The van der Waals surface area contributed by atoms with Crippen LogP contribution in [0.4, 0.5) is 18.9 Å². The molecule has 0 aliphatic carbocycles. The maximum Gasteiger partial charge on any atom is 0.266 e. The molecule has 0 N–H and O–H groups in total. The van der Waals surface area contributed by atoms with E-state index in [1.165, 1.54) is 7.11 Å². The number of azide groups is 1. The molecular weight excluding hydrogens is 297 g/mol. The van der Waals surface area contributed by atoms with Crippen molar-refractivity contribution in [1.82, 2.24) is 0 Å². The first-order valence-corrected chi connectivity index (χ1v) is 6.86. The largest absolute Gasteiger partial charge is 0.376 e. The van der Waals surface area contributed by atoms with Gasteiger partial charge in [0, 0.05) is 30.7 Å². The van der Waals surface area contributed by atoms with Gasteiger partial charge in [0.1, 0.15) is 6.67 Å². The fourth-order valence-corrected chi connectivity index (χ4v) is 2.59. The normalized spacial score (nSPS) is 19.5. The minimum Gasteiger partial charge on any atom is -0.376 e. The lowest BCUT2D eigenvalue weighted by Gasteiger charge is -2.22. The molecular formula is C14H17F3N4O. The van der Waals surface area contributed by atoms with Crippen molar-refractivity contribution in [2.24, 2.45) is 5.11 Å². The van der Waals surface area contributed by atoms with E-state index in [1.54, 1.807) is 29.2 Å². The van der Waals surface area contributed by atoms with Crippen LogP contribution in [-0.4, -0.2) is 38.8 Å². The van der Waals surface area contributed by atoms with Crippen molar-refractivity contribution in [2.45, 2.75) is 24.5 Å². The van der Waals surface area contributed by atoms with Gasteiger partial charge in [0.15, 0.2) is 0 Å². The number of nitrogens with zero attached hydrogens (tertiary/aromatic N) is 4. The molecule has 2 atom stereocenters. The lowest BCUT2D eigenvalue weighted by Crippen LogP contribution is -2.25. The van der Waals surface area contributed by atoms with Crippen molar-refractivity contribution in [3.63, 3.8) is 0 Å². The summed E-state index contributed by atoms with van der Waals surface area (Å²) in [7, 11) is 1.40. The summed E-state index contributed by atoms with van der Waals surface area (Å²) < 4.78 is 44.6. The first-order valence-electron chi connectivity index (χ1n) is 6.86. The van der Waals surface area contributed by atoms with Crippen molar-refractivity contribution in [3.8, 4) is 0 Å². The van der Waals surface area contributed by atoms with E-state index in [0.717, 1.165) is 0 Å². The molecule has 0 aromatic heterocycles. The van der Waals surface area contributed by atoms with Gasteiger partial charge in [-0.05, 0) is 23.2 Å². The summed E-state index contributed by atoms with van der Waals surface area (Å²) in [5, 5.41) is 3.38. The lowest BCUT2D eigenvalue weighted by molar-refractivity contribution is 0.0257. The fraction of sp³-hybridized carbons (Fsp3) is 0.571. The van der Waals surface area contributed by atoms with Gasteiger partial charge in [0.2, 0.25) is 0 Å². The second-order valence-electron chi connectivity index (χ2n) is 5.20. The Morgan fingerprint density at radius 3 is 2.55 bits per heavy atom. The summed E-state index contributed by atoms with van der Waals surface area (Å²) in [5.41, 5.74) is 9.76. The summed E-state index contributed by atoms with van der Waals surface area (Å²) >= 11 is 0. The number of rotatable bonds is 6. The zero-order chi connectivity index (χ0) is 16.2. The Kier molecular flexibility index (Phi) is 5.15. The fourth-order valence-electron chi connectivity index (χ4n) is 2.59. The highest BCUT2D eigenvalue weighted by Gasteiger charge is 2.38. The Labute approximate surface area is 126 Å². The van der Waals surface area contributed by atoms with Gasteiger partial charge in [-0.3, -0.25) is 4.39 Å². The molecule has 22 heavy (non-hydrogen) atoms. The standard InChI is InChI=1S/C14H17F3N4O/c1-22-13(12(8-15)19-20-18)10-2-4-11(5-3-10)21-7-6-14(16,17)9-21/h2-5,12-13H,6-9H2,1H3/t12-,13-/m1/s1. The van der Waals surface area contributed by atoms with Crippen LogP contribution in [0.25, 0.3) is 10.4 Å². The van der Waals surface area contributed by atoms with Crippen molar-refractivity contribution >= 4 is 5.69 Å². The van der Waals surface area contributed by atoms with Crippen molar-refractivity contribution in [3.05, 3.63) is 40.3 Å². The topological polar surface area (TPSA) is 61.2 Å². The van der Waals surface area contributed by atoms with E-state index in [4.69, 9.17) is 10.3 Å². The van der Waals surface area contributed by atoms with E-state index in [0.29, 0.717) is 17.8 Å².